The molecule has 10 heteroatoms. The molecule has 0 unspecified atom stereocenters. The van der Waals surface area contributed by atoms with Gasteiger partial charge in [-0.05, 0) is 55.7 Å². The zero-order valence-corrected chi connectivity index (χ0v) is 18.3. The SMILES string of the molecule is O=C1CN(S(=O)(=O)c2cccc(C(=O)Nc3cc(F)ccc3N3CCCCC3)c2)CCN1. The highest BCUT2D eigenvalue weighted by Crippen LogP contribution is 2.30. The van der Waals surface area contributed by atoms with Crippen LogP contribution in [-0.4, -0.2) is 57.3 Å². The smallest absolute Gasteiger partial charge is 0.255 e. The molecule has 8 nitrogen and oxygen atoms in total. The van der Waals surface area contributed by atoms with E-state index in [9.17, 15) is 22.4 Å². The Kier molecular flexibility index (Phi) is 6.43. The lowest BCUT2D eigenvalue weighted by Crippen LogP contribution is -2.49. The van der Waals surface area contributed by atoms with E-state index < -0.39 is 21.7 Å². The maximum Gasteiger partial charge on any atom is 0.255 e. The van der Waals surface area contributed by atoms with Crippen LogP contribution in [0.1, 0.15) is 29.6 Å². The van der Waals surface area contributed by atoms with Gasteiger partial charge in [0.05, 0.1) is 22.8 Å². The van der Waals surface area contributed by atoms with E-state index in [1.807, 2.05) is 0 Å². The lowest BCUT2D eigenvalue weighted by atomic mass is 10.1. The molecule has 0 atom stereocenters. The Balaban J connectivity index is 1.57. The van der Waals surface area contributed by atoms with Gasteiger partial charge < -0.3 is 15.5 Å². The first-order valence-corrected chi connectivity index (χ1v) is 12.0. The second-order valence-electron chi connectivity index (χ2n) is 7.88. The summed E-state index contributed by atoms with van der Waals surface area (Å²) in [5, 5.41) is 5.32. The van der Waals surface area contributed by atoms with E-state index in [1.54, 1.807) is 6.07 Å². The summed E-state index contributed by atoms with van der Waals surface area (Å²) in [4.78, 5) is 26.6. The fraction of sp³-hybridized carbons (Fsp3) is 0.364. The van der Waals surface area contributed by atoms with Crippen LogP contribution in [-0.2, 0) is 14.8 Å². The molecule has 2 saturated heterocycles. The Labute approximate surface area is 186 Å². The molecule has 0 aliphatic carbocycles. The first-order chi connectivity index (χ1) is 15.3. The number of sulfonamides is 1. The molecule has 2 aliphatic rings. The number of piperidine rings is 1. The zero-order chi connectivity index (χ0) is 22.7. The van der Waals surface area contributed by atoms with Gasteiger partial charge in [0.2, 0.25) is 15.9 Å². The van der Waals surface area contributed by atoms with Gasteiger partial charge in [0.1, 0.15) is 5.82 Å². The van der Waals surface area contributed by atoms with Crippen molar-refractivity contribution < 1.29 is 22.4 Å². The molecule has 170 valence electrons. The number of carbonyl (C=O) groups is 2. The summed E-state index contributed by atoms with van der Waals surface area (Å²) >= 11 is 0. The molecular formula is C22H25FN4O4S. The van der Waals surface area contributed by atoms with E-state index in [0.29, 0.717) is 5.69 Å². The molecular weight excluding hydrogens is 435 g/mol. The first-order valence-electron chi connectivity index (χ1n) is 10.6. The molecule has 2 aliphatic heterocycles. The number of benzene rings is 2. The van der Waals surface area contributed by atoms with E-state index in [1.165, 1.54) is 36.4 Å². The Morgan fingerprint density at radius 2 is 1.81 bits per heavy atom. The summed E-state index contributed by atoms with van der Waals surface area (Å²) in [6.07, 6.45) is 3.19. The molecule has 2 N–H and O–H groups in total. The molecule has 0 bridgehead atoms. The third-order valence-corrected chi connectivity index (χ3v) is 7.48. The molecule has 2 fully saturated rings. The molecule has 32 heavy (non-hydrogen) atoms. The van der Waals surface area contributed by atoms with Crippen LogP contribution in [0.2, 0.25) is 0 Å². The number of piperazine rings is 1. The van der Waals surface area contributed by atoms with Crippen molar-refractivity contribution >= 4 is 33.2 Å². The molecule has 0 aromatic heterocycles. The Morgan fingerprint density at radius 3 is 2.56 bits per heavy atom. The van der Waals surface area contributed by atoms with Crippen molar-refractivity contribution in [3.63, 3.8) is 0 Å². The van der Waals surface area contributed by atoms with Gasteiger partial charge in [-0.15, -0.1) is 0 Å². The summed E-state index contributed by atoms with van der Waals surface area (Å²) in [7, 11) is -3.93. The summed E-state index contributed by atoms with van der Waals surface area (Å²) in [6, 6.07) is 9.92. The summed E-state index contributed by atoms with van der Waals surface area (Å²) in [5.41, 5.74) is 1.21. The molecule has 0 saturated carbocycles. The van der Waals surface area contributed by atoms with Gasteiger partial charge >= 0.3 is 0 Å². The molecule has 2 aromatic carbocycles. The minimum absolute atomic E-state index is 0.0738. The number of hydrogen-bond donors (Lipinski definition) is 2. The van der Waals surface area contributed by atoms with Crippen molar-refractivity contribution in [2.45, 2.75) is 24.2 Å². The number of hydrogen-bond acceptors (Lipinski definition) is 5. The van der Waals surface area contributed by atoms with Crippen LogP contribution in [0.4, 0.5) is 15.8 Å². The fourth-order valence-corrected chi connectivity index (χ4v) is 5.42. The standard InChI is InChI=1S/C22H25FN4O4S/c23-17-7-8-20(26-10-2-1-3-11-26)19(14-17)25-22(29)16-5-4-6-18(13-16)32(30,31)27-12-9-24-21(28)15-27/h4-8,13-14H,1-3,9-12,15H2,(H,24,28)(H,25,29). The second kappa shape index (κ2) is 9.25. The van der Waals surface area contributed by atoms with Crippen LogP contribution >= 0.6 is 0 Å². The normalized spacial score (nSPS) is 17.7. The molecule has 0 spiro atoms. The summed E-state index contributed by atoms with van der Waals surface area (Å²) < 4.78 is 40.9. The number of rotatable bonds is 5. The quantitative estimate of drug-likeness (QED) is 0.713. The van der Waals surface area contributed by atoms with Crippen molar-refractivity contribution in [2.75, 3.05) is 42.9 Å². The Morgan fingerprint density at radius 1 is 1.03 bits per heavy atom. The lowest BCUT2D eigenvalue weighted by Gasteiger charge is -2.30. The van der Waals surface area contributed by atoms with Crippen LogP contribution in [0.5, 0.6) is 0 Å². The van der Waals surface area contributed by atoms with Crippen LogP contribution in [0.15, 0.2) is 47.4 Å². The minimum Gasteiger partial charge on any atom is -0.370 e. The maximum atomic E-state index is 13.9. The number of nitrogens with one attached hydrogen (secondary N) is 2. The van der Waals surface area contributed by atoms with E-state index >= 15 is 0 Å². The van der Waals surface area contributed by atoms with E-state index in [2.05, 4.69) is 15.5 Å². The third kappa shape index (κ3) is 4.76. The van der Waals surface area contributed by atoms with Crippen molar-refractivity contribution in [1.82, 2.24) is 9.62 Å². The average molecular weight is 461 g/mol. The van der Waals surface area contributed by atoms with Crippen molar-refractivity contribution in [1.29, 1.82) is 0 Å². The average Bonchev–Trinajstić information content (AvgIpc) is 2.80. The van der Waals surface area contributed by atoms with Gasteiger partial charge in [-0.25, -0.2) is 12.8 Å². The molecule has 2 aromatic rings. The van der Waals surface area contributed by atoms with E-state index in [4.69, 9.17) is 0 Å². The molecule has 4 rings (SSSR count). The highest BCUT2D eigenvalue weighted by atomic mass is 32.2. The number of halogens is 1. The second-order valence-corrected chi connectivity index (χ2v) is 9.82. The van der Waals surface area contributed by atoms with Crippen LogP contribution < -0.4 is 15.5 Å². The highest BCUT2D eigenvalue weighted by molar-refractivity contribution is 7.89. The first kappa shape index (κ1) is 22.2. The van der Waals surface area contributed by atoms with Crippen molar-refractivity contribution in [2.24, 2.45) is 0 Å². The molecule has 0 radical (unpaired) electrons. The van der Waals surface area contributed by atoms with Gasteiger partial charge in [-0.2, -0.15) is 4.31 Å². The topological polar surface area (TPSA) is 98.8 Å². The predicted molar refractivity (Wildman–Crippen MR) is 119 cm³/mol. The van der Waals surface area contributed by atoms with Gasteiger partial charge in [-0.1, -0.05) is 6.07 Å². The van der Waals surface area contributed by atoms with Crippen molar-refractivity contribution in [3.8, 4) is 0 Å². The summed E-state index contributed by atoms with van der Waals surface area (Å²) in [5.74, 6) is -1.38. The Hall–Kier alpha value is -2.98. The van der Waals surface area contributed by atoms with Gasteiger partial charge in [0, 0.05) is 31.7 Å². The number of nitrogens with zero attached hydrogens (tertiary/aromatic N) is 2. The van der Waals surface area contributed by atoms with Crippen LogP contribution in [0, 0.1) is 5.82 Å². The van der Waals surface area contributed by atoms with Crippen LogP contribution in [0.3, 0.4) is 0 Å². The minimum atomic E-state index is -3.93. The molecule has 2 heterocycles. The summed E-state index contributed by atoms with van der Waals surface area (Å²) in [6.45, 7) is 1.78. The largest absolute Gasteiger partial charge is 0.370 e. The number of amides is 2. The predicted octanol–water partition coefficient (Wildman–Crippen LogP) is 2.19. The number of anilines is 2. The van der Waals surface area contributed by atoms with Crippen molar-refractivity contribution in [3.05, 3.63) is 53.8 Å². The van der Waals surface area contributed by atoms with Gasteiger partial charge in [-0.3, -0.25) is 9.59 Å². The highest BCUT2D eigenvalue weighted by Gasteiger charge is 2.29. The molecule has 2 amide bonds. The fourth-order valence-electron chi connectivity index (χ4n) is 3.98. The maximum absolute atomic E-state index is 13.9. The van der Waals surface area contributed by atoms with E-state index in [-0.39, 0.29) is 36.0 Å². The Bertz CT molecular complexity index is 1130. The van der Waals surface area contributed by atoms with Gasteiger partial charge in [0.15, 0.2) is 0 Å². The monoisotopic (exact) mass is 460 g/mol. The van der Waals surface area contributed by atoms with Crippen LogP contribution in [0.25, 0.3) is 0 Å². The lowest BCUT2D eigenvalue weighted by molar-refractivity contribution is -0.122. The van der Waals surface area contributed by atoms with Gasteiger partial charge in [0.25, 0.3) is 5.91 Å². The third-order valence-electron chi connectivity index (χ3n) is 5.64. The zero-order valence-electron chi connectivity index (χ0n) is 17.5. The number of carbonyl (C=O) groups excluding carboxylic acids is 2. The van der Waals surface area contributed by atoms with E-state index in [0.717, 1.165) is 42.3 Å².